The van der Waals surface area contributed by atoms with Crippen molar-refractivity contribution in [3.05, 3.63) is 163 Å². The summed E-state index contributed by atoms with van der Waals surface area (Å²) in [6, 6.07) is 50.4. The van der Waals surface area contributed by atoms with Crippen molar-refractivity contribution in [2.75, 3.05) is 0 Å². The van der Waals surface area contributed by atoms with Gasteiger partial charge in [-0.05, 0) is 71.8 Å². The van der Waals surface area contributed by atoms with Crippen LogP contribution in [0.2, 0.25) is 0 Å². The third kappa shape index (κ3) is 3.52. The van der Waals surface area contributed by atoms with Gasteiger partial charge in [0.15, 0.2) is 0 Å². The highest BCUT2D eigenvalue weighted by Crippen LogP contribution is 2.44. The van der Waals surface area contributed by atoms with Crippen LogP contribution in [-0.2, 0) is 0 Å². The molecule has 10 rings (SSSR count). The number of ether oxygens (including phenoxy) is 1. The van der Waals surface area contributed by atoms with Gasteiger partial charge in [-0.25, -0.2) is 0 Å². The third-order valence-electron chi connectivity index (χ3n) is 9.61. The molecule has 8 aromatic rings. The first kappa shape index (κ1) is 24.6. The average Bonchev–Trinajstić information content (AvgIpc) is 3.76. The molecule has 0 fully saturated rings. The fourth-order valence-corrected chi connectivity index (χ4v) is 7.66. The molecule has 1 atom stereocenters. The highest BCUT2D eigenvalue weighted by molar-refractivity contribution is 6.16. The van der Waals surface area contributed by atoms with Crippen LogP contribution >= 0.6 is 0 Å². The van der Waals surface area contributed by atoms with Gasteiger partial charge in [-0.2, -0.15) is 0 Å². The van der Waals surface area contributed by atoms with E-state index in [1.807, 2.05) is 0 Å². The second-order valence-corrected chi connectivity index (χ2v) is 12.0. The van der Waals surface area contributed by atoms with Crippen LogP contribution in [0.4, 0.5) is 0 Å². The summed E-state index contributed by atoms with van der Waals surface area (Å²) in [6.07, 6.45) is 5.65. The van der Waals surface area contributed by atoms with Gasteiger partial charge in [0.2, 0.25) is 0 Å². The lowest BCUT2D eigenvalue weighted by atomic mass is 9.89. The van der Waals surface area contributed by atoms with Gasteiger partial charge < -0.3 is 13.9 Å². The van der Waals surface area contributed by atoms with Crippen molar-refractivity contribution in [2.45, 2.75) is 12.5 Å². The second-order valence-electron chi connectivity index (χ2n) is 12.0. The molecule has 2 aromatic heterocycles. The maximum absolute atomic E-state index is 6.25. The molecule has 0 saturated heterocycles. The predicted molar refractivity (Wildman–Crippen MR) is 187 cm³/mol. The molecule has 3 heterocycles. The van der Waals surface area contributed by atoms with Crippen molar-refractivity contribution in [3.8, 4) is 17.1 Å². The lowest BCUT2D eigenvalue weighted by Gasteiger charge is -2.17. The van der Waals surface area contributed by atoms with E-state index in [9.17, 15) is 0 Å². The molecule has 1 unspecified atom stereocenters. The smallest absolute Gasteiger partial charge is 0.128 e. The van der Waals surface area contributed by atoms with Crippen molar-refractivity contribution < 1.29 is 4.74 Å². The topological polar surface area (TPSA) is 19.1 Å². The molecule has 0 radical (unpaired) electrons. The molecule has 212 valence electrons. The van der Waals surface area contributed by atoms with Crippen LogP contribution < -0.4 is 4.74 Å². The van der Waals surface area contributed by atoms with Gasteiger partial charge in [-0.1, -0.05) is 91.0 Å². The Hall–Kier alpha value is -5.80. The average molecular weight is 577 g/mol. The molecule has 45 heavy (non-hydrogen) atoms. The lowest BCUT2D eigenvalue weighted by molar-refractivity contribution is 0.279. The standard InChI is InChI=1S/C42H28N2O/c1-2-11-29(12-3-1)43-36-17-8-5-15-32(36)42-38(43)18-10-19-39(42)44-35-16-7-4-13-30(35)33-25-27(21-23-37(33)44)28-22-24-41-34(26-28)31-14-6-9-20-40(31)45-41/h1-23,25-26,41H,24H2. The monoisotopic (exact) mass is 576 g/mol. The van der Waals surface area contributed by atoms with Crippen LogP contribution in [0.5, 0.6) is 5.75 Å². The molecular weight excluding hydrogens is 548 g/mol. The van der Waals surface area contributed by atoms with Crippen molar-refractivity contribution in [3.63, 3.8) is 0 Å². The van der Waals surface area contributed by atoms with Crippen LogP contribution in [0.25, 0.3) is 66.1 Å². The van der Waals surface area contributed by atoms with E-state index in [0.29, 0.717) is 0 Å². The van der Waals surface area contributed by atoms with Gasteiger partial charge >= 0.3 is 0 Å². The largest absolute Gasteiger partial charge is 0.485 e. The zero-order valence-corrected chi connectivity index (χ0v) is 24.5. The van der Waals surface area contributed by atoms with E-state index in [1.54, 1.807) is 0 Å². The quantitative estimate of drug-likeness (QED) is 0.205. The molecule has 2 aliphatic rings. The van der Waals surface area contributed by atoms with E-state index in [-0.39, 0.29) is 6.10 Å². The number of rotatable bonds is 3. The number of nitrogens with zero attached hydrogens (tertiary/aromatic N) is 2. The third-order valence-corrected chi connectivity index (χ3v) is 9.61. The summed E-state index contributed by atoms with van der Waals surface area (Å²) >= 11 is 0. The summed E-state index contributed by atoms with van der Waals surface area (Å²) in [4.78, 5) is 0. The molecule has 1 aliphatic heterocycles. The fraction of sp³-hybridized carbons (Fsp3) is 0.0476. The number of hydrogen-bond acceptors (Lipinski definition) is 1. The highest BCUT2D eigenvalue weighted by Gasteiger charge is 2.30. The number of para-hydroxylation sites is 4. The minimum Gasteiger partial charge on any atom is -0.485 e. The molecular formula is C42H28N2O. The second kappa shape index (κ2) is 9.35. The predicted octanol–water partition coefficient (Wildman–Crippen LogP) is 10.5. The van der Waals surface area contributed by atoms with E-state index >= 15 is 0 Å². The zero-order chi connectivity index (χ0) is 29.5. The molecule has 0 N–H and O–H groups in total. The van der Waals surface area contributed by atoms with Gasteiger partial charge in [-0.3, -0.25) is 0 Å². The van der Waals surface area contributed by atoms with Crippen molar-refractivity contribution in [1.29, 1.82) is 0 Å². The van der Waals surface area contributed by atoms with Crippen molar-refractivity contribution in [2.24, 2.45) is 0 Å². The number of aromatic nitrogens is 2. The molecule has 3 nitrogen and oxygen atoms in total. The Balaban J connectivity index is 1.21. The summed E-state index contributed by atoms with van der Waals surface area (Å²) < 4.78 is 11.1. The normalized spacial score (nSPS) is 15.7. The summed E-state index contributed by atoms with van der Waals surface area (Å²) in [5.41, 5.74) is 12.2. The van der Waals surface area contributed by atoms with Gasteiger partial charge in [0, 0.05) is 44.8 Å². The Bertz CT molecular complexity index is 2540. The Morgan fingerprint density at radius 3 is 2.16 bits per heavy atom. The summed E-state index contributed by atoms with van der Waals surface area (Å²) in [6.45, 7) is 0. The minimum atomic E-state index is 0.107. The first-order valence-electron chi connectivity index (χ1n) is 15.6. The van der Waals surface area contributed by atoms with E-state index in [0.717, 1.165) is 12.2 Å². The fourth-order valence-electron chi connectivity index (χ4n) is 7.66. The van der Waals surface area contributed by atoms with E-state index in [1.165, 1.54) is 77.3 Å². The van der Waals surface area contributed by atoms with Gasteiger partial charge in [-0.15, -0.1) is 0 Å². The first-order chi connectivity index (χ1) is 22.3. The maximum atomic E-state index is 6.25. The van der Waals surface area contributed by atoms with Crippen molar-refractivity contribution >= 4 is 54.8 Å². The Labute approximate surface area is 260 Å². The summed E-state index contributed by atoms with van der Waals surface area (Å²) in [7, 11) is 0. The molecule has 0 spiro atoms. The summed E-state index contributed by atoms with van der Waals surface area (Å²) in [5, 5.41) is 5.03. The van der Waals surface area contributed by atoms with Crippen LogP contribution in [0, 0.1) is 0 Å². The molecule has 3 heteroatoms. The van der Waals surface area contributed by atoms with Crippen LogP contribution in [0.3, 0.4) is 0 Å². The number of fused-ring (bicyclic) bond motifs is 9. The van der Waals surface area contributed by atoms with Crippen molar-refractivity contribution in [1.82, 2.24) is 9.13 Å². The molecule has 0 saturated carbocycles. The number of hydrogen-bond donors (Lipinski definition) is 0. The Kier molecular flexibility index (Phi) is 5.11. The van der Waals surface area contributed by atoms with E-state index in [4.69, 9.17) is 4.74 Å². The first-order valence-corrected chi connectivity index (χ1v) is 15.6. The Morgan fingerprint density at radius 1 is 0.556 bits per heavy atom. The Morgan fingerprint density at radius 2 is 1.27 bits per heavy atom. The molecule has 0 amide bonds. The lowest BCUT2D eigenvalue weighted by Crippen LogP contribution is -2.13. The minimum absolute atomic E-state index is 0.107. The SMILES string of the molecule is C1=C(c2ccc3c(c2)c2ccccc2n3-c2cccc3c2c2ccccc2n3-c2ccccc2)C=C2c3ccccc3OC2C1. The van der Waals surface area contributed by atoms with Crippen LogP contribution in [0.15, 0.2) is 152 Å². The maximum Gasteiger partial charge on any atom is 0.128 e. The van der Waals surface area contributed by atoms with Crippen LogP contribution in [0.1, 0.15) is 17.5 Å². The van der Waals surface area contributed by atoms with Gasteiger partial charge in [0.25, 0.3) is 0 Å². The van der Waals surface area contributed by atoms with Gasteiger partial charge in [0.1, 0.15) is 11.9 Å². The van der Waals surface area contributed by atoms with Gasteiger partial charge in [0.05, 0.1) is 27.8 Å². The van der Waals surface area contributed by atoms with E-state index < -0.39 is 0 Å². The number of allylic oxidation sites excluding steroid dienone is 2. The highest BCUT2D eigenvalue weighted by atomic mass is 16.5. The number of benzene rings is 6. The van der Waals surface area contributed by atoms with E-state index in [2.05, 4.69) is 161 Å². The van der Waals surface area contributed by atoms with Crippen LogP contribution in [-0.4, -0.2) is 15.2 Å². The molecule has 6 aromatic carbocycles. The molecule has 1 aliphatic carbocycles. The summed E-state index contributed by atoms with van der Waals surface area (Å²) in [5.74, 6) is 0.990. The zero-order valence-electron chi connectivity index (χ0n) is 24.5. The molecule has 0 bridgehead atoms.